The molecule has 0 heterocycles. The molecule has 0 amide bonds. The van der Waals surface area contributed by atoms with Crippen molar-refractivity contribution in [3.05, 3.63) is 71.8 Å². The summed E-state index contributed by atoms with van der Waals surface area (Å²) in [7, 11) is 1.63. The molecule has 0 saturated carbocycles. The van der Waals surface area contributed by atoms with Crippen LogP contribution in [-0.4, -0.2) is 50.6 Å². The van der Waals surface area contributed by atoms with Gasteiger partial charge in [-0.3, -0.25) is 0 Å². The zero-order valence-electron chi connectivity index (χ0n) is 23.6. The van der Waals surface area contributed by atoms with E-state index in [4.69, 9.17) is 24.1 Å². The van der Waals surface area contributed by atoms with Gasteiger partial charge in [-0.15, -0.1) is 0 Å². The van der Waals surface area contributed by atoms with E-state index in [2.05, 4.69) is 6.92 Å². The van der Waals surface area contributed by atoms with Crippen LogP contribution in [0.4, 0.5) is 0 Å². The van der Waals surface area contributed by atoms with E-state index in [-0.39, 0.29) is 5.97 Å². The van der Waals surface area contributed by atoms with Crippen LogP contribution in [0.1, 0.15) is 69.9 Å². The van der Waals surface area contributed by atoms with Crippen LogP contribution in [0, 0.1) is 0 Å². The maximum Gasteiger partial charge on any atom is 0.330 e. The quantitative estimate of drug-likeness (QED) is 0.121. The highest BCUT2D eigenvalue weighted by Gasteiger charge is 1.98. The number of esters is 1. The predicted molar refractivity (Wildman–Crippen MR) is 156 cm³/mol. The molecule has 0 aliphatic carbocycles. The van der Waals surface area contributed by atoms with E-state index in [9.17, 15) is 9.59 Å². The Bertz CT molecular complexity index is 963. The van der Waals surface area contributed by atoms with Gasteiger partial charge >= 0.3 is 11.9 Å². The number of carbonyl (C=O) groups is 2. The molecule has 0 aromatic heterocycles. The first-order valence-electron chi connectivity index (χ1n) is 13.7. The van der Waals surface area contributed by atoms with E-state index in [0.29, 0.717) is 19.8 Å². The highest BCUT2D eigenvalue weighted by Crippen LogP contribution is 2.14. The SMILES string of the molecule is CCCCCCCCOC(=O)C=Cc1ccc(OC)cc1.CCOCCCOc1ccc(C=CC(=O)O)cc1. The molecule has 2 aromatic carbocycles. The lowest BCUT2D eigenvalue weighted by Crippen LogP contribution is -2.02. The molecule has 0 aliphatic heterocycles. The molecule has 0 aliphatic rings. The lowest BCUT2D eigenvalue weighted by molar-refractivity contribution is -0.137. The largest absolute Gasteiger partial charge is 0.497 e. The third-order valence-corrected chi connectivity index (χ3v) is 5.47. The van der Waals surface area contributed by atoms with E-state index in [1.165, 1.54) is 31.8 Å². The molecular formula is C32H44O7. The Morgan fingerprint density at radius 2 is 1.31 bits per heavy atom. The third-order valence-electron chi connectivity index (χ3n) is 5.47. The van der Waals surface area contributed by atoms with Gasteiger partial charge in [0.05, 0.1) is 20.3 Å². The molecule has 0 radical (unpaired) electrons. The first kappa shape index (κ1) is 33.4. The van der Waals surface area contributed by atoms with Crippen molar-refractivity contribution in [3.8, 4) is 11.5 Å². The summed E-state index contributed by atoms with van der Waals surface area (Å²) < 4.78 is 21.0. The van der Waals surface area contributed by atoms with Crippen molar-refractivity contribution in [3.63, 3.8) is 0 Å². The Morgan fingerprint density at radius 1 is 0.718 bits per heavy atom. The summed E-state index contributed by atoms with van der Waals surface area (Å²) >= 11 is 0. The molecule has 2 rings (SSSR count). The zero-order valence-corrected chi connectivity index (χ0v) is 23.6. The molecule has 7 nitrogen and oxygen atoms in total. The molecular weight excluding hydrogens is 496 g/mol. The Kier molecular flexibility index (Phi) is 19.2. The predicted octanol–water partition coefficient (Wildman–Crippen LogP) is 7.20. The van der Waals surface area contributed by atoms with Gasteiger partial charge in [0.1, 0.15) is 11.5 Å². The van der Waals surface area contributed by atoms with Crippen molar-refractivity contribution in [2.45, 2.75) is 58.8 Å². The number of rotatable bonds is 18. The summed E-state index contributed by atoms with van der Waals surface area (Å²) in [4.78, 5) is 21.9. The van der Waals surface area contributed by atoms with Gasteiger partial charge in [0, 0.05) is 31.8 Å². The number of ether oxygens (including phenoxy) is 4. The van der Waals surface area contributed by atoms with Gasteiger partial charge in [-0.25, -0.2) is 9.59 Å². The second-order valence-corrected chi connectivity index (χ2v) is 8.68. The summed E-state index contributed by atoms with van der Waals surface area (Å²) in [5, 5.41) is 8.49. The van der Waals surface area contributed by atoms with Crippen molar-refractivity contribution in [2.24, 2.45) is 0 Å². The van der Waals surface area contributed by atoms with Gasteiger partial charge in [-0.1, -0.05) is 63.3 Å². The monoisotopic (exact) mass is 540 g/mol. The van der Waals surface area contributed by atoms with Gasteiger partial charge in [0.15, 0.2) is 0 Å². The van der Waals surface area contributed by atoms with Crippen LogP contribution in [0.25, 0.3) is 12.2 Å². The van der Waals surface area contributed by atoms with Gasteiger partial charge in [0.25, 0.3) is 0 Å². The Balaban J connectivity index is 0.000000395. The zero-order chi connectivity index (χ0) is 28.6. The number of unbranched alkanes of at least 4 members (excludes halogenated alkanes) is 5. The van der Waals surface area contributed by atoms with Crippen LogP contribution in [0.5, 0.6) is 11.5 Å². The Labute approximate surface area is 233 Å². The van der Waals surface area contributed by atoms with E-state index in [0.717, 1.165) is 54.6 Å². The van der Waals surface area contributed by atoms with Crippen molar-refractivity contribution >= 4 is 24.1 Å². The van der Waals surface area contributed by atoms with E-state index in [1.807, 2.05) is 55.5 Å². The second-order valence-electron chi connectivity index (χ2n) is 8.68. The molecule has 0 fully saturated rings. The summed E-state index contributed by atoms with van der Waals surface area (Å²) in [5.74, 6) is 0.349. The van der Waals surface area contributed by atoms with Gasteiger partial charge < -0.3 is 24.1 Å². The molecule has 2 aromatic rings. The average molecular weight is 541 g/mol. The topological polar surface area (TPSA) is 91.3 Å². The van der Waals surface area contributed by atoms with E-state index < -0.39 is 5.97 Å². The molecule has 39 heavy (non-hydrogen) atoms. The number of benzene rings is 2. The summed E-state index contributed by atoms with van der Waals surface area (Å²) in [6.45, 7) is 6.73. The van der Waals surface area contributed by atoms with Crippen LogP contribution < -0.4 is 9.47 Å². The highest BCUT2D eigenvalue weighted by atomic mass is 16.5. The lowest BCUT2D eigenvalue weighted by Gasteiger charge is -2.06. The minimum Gasteiger partial charge on any atom is -0.497 e. The van der Waals surface area contributed by atoms with Crippen molar-refractivity contribution in [1.82, 2.24) is 0 Å². The van der Waals surface area contributed by atoms with Crippen molar-refractivity contribution in [2.75, 3.05) is 33.5 Å². The third kappa shape index (κ3) is 18.3. The molecule has 0 unspecified atom stereocenters. The number of carbonyl (C=O) groups excluding carboxylic acids is 1. The minimum absolute atomic E-state index is 0.278. The summed E-state index contributed by atoms with van der Waals surface area (Å²) in [6.07, 6.45) is 13.9. The molecule has 0 atom stereocenters. The van der Waals surface area contributed by atoms with Crippen LogP contribution in [0.15, 0.2) is 60.7 Å². The number of hydrogen-bond donors (Lipinski definition) is 1. The molecule has 0 bridgehead atoms. The summed E-state index contributed by atoms with van der Waals surface area (Å²) in [6, 6.07) is 14.8. The summed E-state index contributed by atoms with van der Waals surface area (Å²) in [5.41, 5.74) is 1.78. The van der Waals surface area contributed by atoms with Crippen molar-refractivity contribution < 1.29 is 33.6 Å². The Hall–Kier alpha value is -3.58. The van der Waals surface area contributed by atoms with E-state index in [1.54, 1.807) is 19.3 Å². The average Bonchev–Trinajstić information content (AvgIpc) is 2.95. The standard InChI is InChI=1S/C18H26O3.C14H18O4/c1-3-4-5-6-7-8-15-21-18(19)14-11-16-9-12-17(20-2)13-10-16;1-2-17-10-3-11-18-13-7-4-12(5-8-13)6-9-14(15)16/h9-14H,3-8,15H2,1-2H3;4-9H,2-3,10-11H2,1H3,(H,15,16). The number of aliphatic carboxylic acids is 1. The first-order valence-corrected chi connectivity index (χ1v) is 13.7. The maximum absolute atomic E-state index is 11.5. The molecule has 1 N–H and O–H groups in total. The number of hydrogen-bond acceptors (Lipinski definition) is 6. The minimum atomic E-state index is -0.953. The fraction of sp³-hybridized carbons (Fsp3) is 0.438. The van der Waals surface area contributed by atoms with Crippen molar-refractivity contribution in [1.29, 1.82) is 0 Å². The van der Waals surface area contributed by atoms with Gasteiger partial charge in [-0.05, 0) is 60.9 Å². The lowest BCUT2D eigenvalue weighted by atomic mass is 10.1. The van der Waals surface area contributed by atoms with Crippen LogP contribution in [0.3, 0.4) is 0 Å². The maximum atomic E-state index is 11.5. The number of carboxylic acid groups (broad SMARTS) is 1. The van der Waals surface area contributed by atoms with Gasteiger partial charge in [-0.2, -0.15) is 0 Å². The molecule has 0 saturated heterocycles. The van der Waals surface area contributed by atoms with Crippen LogP contribution >= 0.6 is 0 Å². The van der Waals surface area contributed by atoms with E-state index >= 15 is 0 Å². The second kappa shape index (κ2) is 22.4. The first-order chi connectivity index (χ1) is 19.0. The van der Waals surface area contributed by atoms with Crippen LogP contribution in [0.2, 0.25) is 0 Å². The molecule has 0 spiro atoms. The van der Waals surface area contributed by atoms with Gasteiger partial charge in [0.2, 0.25) is 0 Å². The number of methoxy groups -OCH3 is 1. The number of carboxylic acids is 1. The van der Waals surface area contributed by atoms with Crippen LogP contribution in [-0.2, 0) is 19.1 Å². The molecule has 7 heteroatoms. The fourth-order valence-electron chi connectivity index (χ4n) is 3.32. The smallest absolute Gasteiger partial charge is 0.330 e. The fourth-order valence-corrected chi connectivity index (χ4v) is 3.32. The Morgan fingerprint density at radius 3 is 1.90 bits per heavy atom. The molecule has 214 valence electrons. The normalized spacial score (nSPS) is 10.7. The highest BCUT2D eigenvalue weighted by molar-refractivity contribution is 5.87.